The Labute approximate surface area is 125 Å². The SMILES string of the molecule is CCc1cccc(OCC(O)CNCc2ccncn2)c1. The smallest absolute Gasteiger partial charge is 0.119 e. The Bertz CT molecular complexity index is 534. The molecular formula is C16H21N3O2. The zero-order chi connectivity index (χ0) is 14.9. The summed E-state index contributed by atoms with van der Waals surface area (Å²) in [4.78, 5) is 7.96. The molecule has 1 unspecified atom stereocenters. The molecule has 5 heteroatoms. The Hall–Kier alpha value is -1.98. The first-order valence-electron chi connectivity index (χ1n) is 7.13. The van der Waals surface area contributed by atoms with Crippen LogP contribution in [-0.4, -0.2) is 34.3 Å². The fourth-order valence-corrected chi connectivity index (χ4v) is 1.90. The maximum atomic E-state index is 9.89. The Morgan fingerprint density at radius 2 is 2.24 bits per heavy atom. The van der Waals surface area contributed by atoms with Gasteiger partial charge in [0.1, 0.15) is 24.8 Å². The molecule has 2 rings (SSSR count). The molecule has 0 saturated carbocycles. The number of aliphatic hydroxyl groups excluding tert-OH is 1. The van der Waals surface area contributed by atoms with E-state index >= 15 is 0 Å². The molecule has 0 aliphatic rings. The number of hydrogen-bond donors (Lipinski definition) is 2. The van der Waals surface area contributed by atoms with Crippen molar-refractivity contribution in [3.05, 3.63) is 54.1 Å². The van der Waals surface area contributed by atoms with Crippen LogP contribution in [-0.2, 0) is 13.0 Å². The van der Waals surface area contributed by atoms with Gasteiger partial charge in [-0.3, -0.25) is 0 Å². The predicted molar refractivity (Wildman–Crippen MR) is 81.1 cm³/mol. The number of benzene rings is 1. The monoisotopic (exact) mass is 287 g/mol. The molecule has 5 nitrogen and oxygen atoms in total. The lowest BCUT2D eigenvalue weighted by Gasteiger charge is -2.13. The molecule has 0 saturated heterocycles. The van der Waals surface area contributed by atoms with Crippen LogP contribution in [0.3, 0.4) is 0 Å². The topological polar surface area (TPSA) is 67.3 Å². The zero-order valence-electron chi connectivity index (χ0n) is 12.2. The van der Waals surface area contributed by atoms with E-state index in [0.717, 1.165) is 17.9 Å². The zero-order valence-corrected chi connectivity index (χ0v) is 12.2. The minimum absolute atomic E-state index is 0.268. The number of aliphatic hydroxyl groups is 1. The second-order valence-electron chi connectivity index (χ2n) is 4.80. The third-order valence-corrected chi connectivity index (χ3v) is 3.08. The van der Waals surface area contributed by atoms with Gasteiger partial charge in [-0.15, -0.1) is 0 Å². The van der Waals surface area contributed by atoms with Crippen molar-refractivity contribution in [2.45, 2.75) is 26.0 Å². The van der Waals surface area contributed by atoms with Gasteiger partial charge in [0.25, 0.3) is 0 Å². The standard InChI is InChI=1S/C16H21N3O2/c1-2-13-4-3-5-16(8-13)21-11-15(20)10-18-9-14-6-7-17-12-19-14/h3-8,12,15,18,20H,2,9-11H2,1H3. The Morgan fingerprint density at radius 3 is 3.00 bits per heavy atom. The van der Waals surface area contributed by atoms with Crippen molar-refractivity contribution in [1.29, 1.82) is 0 Å². The Balaban J connectivity index is 1.68. The third-order valence-electron chi connectivity index (χ3n) is 3.08. The molecule has 1 aromatic carbocycles. The van der Waals surface area contributed by atoms with E-state index in [1.54, 1.807) is 6.20 Å². The van der Waals surface area contributed by atoms with Crippen LogP contribution in [0.15, 0.2) is 42.9 Å². The van der Waals surface area contributed by atoms with Gasteiger partial charge in [0.05, 0.1) is 5.69 Å². The van der Waals surface area contributed by atoms with Gasteiger partial charge >= 0.3 is 0 Å². The van der Waals surface area contributed by atoms with Crippen LogP contribution in [0.5, 0.6) is 5.75 Å². The van der Waals surface area contributed by atoms with E-state index in [0.29, 0.717) is 13.1 Å². The van der Waals surface area contributed by atoms with Crippen LogP contribution in [0.4, 0.5) is 0 Å². The van der Waals surface area contributed by atoms with Crippen molar-refractivity contribution in [1.82, 2.24) is 15.3 Å². The highest BCUT2D eigenvalue weighted by Gasteiger charge is 2.05. The van der Waals surface area contributed by atoms with Gasteiger partial charge in [-0.05, 0) is 30.2 Å². The van der Waals surface area contributed by atoms with Crippen molar-refractivity contribution in [2.75, 3.05) is 13.2 Å². The number of nitrogens with one attached hydrogen (secondary N) is 1. The molecule has 0 aliphatic heterocycles. The van der Waals surface area contributed by atoms with Crippen molar-refractivity contribution >= 4 is 0 Å². The molecule has 0 spiro atoms. The highest BCUT2D eigenvalue weighted by molar-refractivity contribution is 5.28. The molecular weight excluding hydrogens is 266 g/mol. The van der Waals surface area contributed by atoms with E-state index < -0.39 is 6.10 Å². The van der Waals surface area contributed by atoms with Gasteiger partial charge in [-0.25, -0.2) is 9.97 Å². The molecule has 2 aromatic rings. The molecule has 0 bridgehead atoms. The van der Waals surface area contributed by atoms with E-state index in [2.05, 4.69) is 28.3 Å². The average Bonchev–Trinajstić information content (AvgIpc) is 2.54. The van der Waals surface area contributed by atoms with Gasteiger partial charge in [0, 0.05) is 19.3 Å². The van der Waals surface area contributed by atoms with Gasteiger partial charge in [-0.2, -0.15) is 0 Å². The second-order valence-corrected chi connectivity index (χ2v) is 4.80. The first-order valence-corrected chi connectivity index (χ1v) is 7.13. The lowest BCUT2D eigenvalue weighted by molar-refractivity contribution is 0.106. The van der Waals surface area contributed by atoms with Gasteiger partial charge in [-0.1, -0.05) is 19.1 Å². The van der Waals surface area contributed by atoms with Crippen LogP contribution < -0.4 is 10.1 Å². The molecule has 0 fully saturated rings. The lowest BCUT2D eigenvalue weighted by atomic mass is 10.2. The molecule has 1 aromatic heterocycles. The summed E-state index contributed by atoms with van der Waals surface area (Å²) in [6.07, 6.45) is 3.62. The summed E-state index contributed by atoms with van der Waals surface area (Å²) < 4.78 is 5.60. The molecule has 1 heterocycles. The number of nitrogens with zero attached hydrogens (tertiary/aromatic N) is 2. The Morgan fingerprint density at radius 1 is 1.33 bits per heavy atom. The molecule has 2 N–H and O–H groups in total. The summed E-state index contributed by atoms with van der Waals surface area (Å²) in [6, 6.07) is 9.77. The summed E-state index contributed by atoms with van der Waals surface area (Å²) in [5.74, 6) is 0.796. The normalized spacial score (nSPS) is 12.1. The molecule has 0 aliphatic carbocycles. The summed E-state index contributed by atoms with van der Waals surface area (Å²) in [7, 11) is 0. The van der Waals surface area contributed by atoms with Crippen LogP contribution in [0.2, 0.25) is 0 Å². The van der Waals surface area contributed by atoms with Crippen LogP contribution >= 0.6 is 0 Å². The number of aromatic nitrogens is 2. The Kier molecular flexibility index (Phi) is 6.12. The summed E-state index contributed by atoms with van der Waals surface area (Å²) in [5.41, 5.74) is 2.12. The van der Waals surface area contributed by atoms with Crippen molar-refractivity contribution in [2.24, 2.45) is 0 Å². The van der Waals surface area contributed by atoms with E-state index in [1.807, 2.05) is 24.3 Å². The fraction of sp³-hybridized carbons (Fsp3) is 0.375. The van der Waals surface area contributed by atoms with Gasteiger partial charge in [0.15, 0.2) is 0 Å². The lowest BCUT2D eigenvalue weighted by Crippen LogP contribution is -2.31. The second kappa shape index (κ2) is 8.34. The van der Waals surface area contributed by atoms with Gasteiger partial charge in [0.2, 0.25) is 0 Å². The number of aryl methyl sites for hydroxylation is 1. The van der Waals surface area contributed by atoms with Crippen molar-refractivity contribution in [3.8, 4) is 5.75 Å². The summed E-state index contributed by atoms with van der Waals surface area (Å²) >= 11 is 0. The molecule has 112 valence electrons. The van der Waals surface area contributed by atoms with E-state index in [9.17, 15) is 5.11 Å². The maximum Gasteiger partial charge on any atom is 0.119 e. The summed E-state index contributed by atoms with van der Waals surface area (Å²) in [6.45, 7) is 3.43. The molecule has 1 atom stereocenters. The first kappa shape index (κ1) is 15.4. The summed E-state index contributed by atoms with van der Waals surface area (Å²) in [5, 5.41) is 13.0. The molecule has 21 heavy (non-hydrogen) atoms. The largest absolute Gasteiger partial charge is 0.491 e. The highest BCUT2D eigenvalue weighted by atomic mass is 16.5. The van der Waals surface area contributed by atoms with E-state index in [1.165, 1.54) is 11.9 Å². The quantitative estimate of drug-likeness (QED) is 0.771. The number of ether oxygens (including phenoxy) is 1. The number of hydrogen-bond acceptors (Lipinski definition) is 5. The van der Waals surface area contributed by atoms with Crippen LogP contribution in [0.1, 0.15) is 18.2 Å². The third kappa shape index (κ3) is 5.49. The molecule has 0 radical (unpaired) electrons. The van der Waals surface area contributed by atoms with Crippen molar-refractivity contribution < 1.29 is 9.84 Å². The van der Waals surface area contributed by atoms with E-state index in [4.69, 9.17) is 4.74 Å². The highest BCUT2D eigenvalue weighted by Crippen LogP contribution is 2.13. The average molecular weight is 287 g/mol. The fourth-order valence-electron chi connectivity index (χ4n) is 1.90. The number of rotatable bonds is 8. The predicted octanol–water partition coefficient (Wildman–Crippen LogP) is 1.57. The van der Waals surface area contributed by atoms with Crippen molar-refractivity contribution in [3.63, 3.8) is 0 Å². The minimum Gasteiger partial charge on any atom is -0.491 e. The van der Waals surface area contributed by atoms with Gasteiger partial charge < -0.3 is 15.2 Å². The van der Waals surface area contributed by atoms with Crippen LogP contribution in [0.25, 0.3) is 0 Å². The van der Waals surface area contributed by atoms with E-state index in [-0.39, 0.29) is 6.61 Å². The minimum atomic E-state index is -0.558. The maximum absolute atomic E-state index is 9.89. The molecule has 0 amide bonds. The van der Waals surface area contributed by atoms with Crippen LogP contribution in [0, 0.1) is 0 Å². The first-order chi connectivity index (χ1) is 10.3.